The number of hydrogen-bond donors (Lipinski definition) is 1. The lowest BCUT2D eigenvalue weighted by molar-refractivity contribution is -0.384. The van der Waals surface area contributed by atoms with Gasteiger partial charge in [0, 0.05) is 19.2 Å². The first kappa shape index (κ1) is 22.4. The van der Waals surface area contributed by atoms with E-state index in [1.165, 1.54) is 0 Å². The van der Waals surface area contributed by atoms with Gasteiger partial charge in [0.25, 0.3) is 15.7 Å². The van der Waals surface area contributed by atoms with Crippen molar-refractivity contribution in [3.05, 3.63) is 57.4 Å². The summed E-state index contributed by atoms with van der Waals surface area (Å²) in [5.41, 5.74) is -0.852. The third-order valence-corrected chi connectivity index (χ3v) is 7.81. The van der Waals surface area contributed by atoms with Crippen molar-refractivity contribution in [1.82, 2.24) is 4.31 Å². The summed E-state index contributed by atoms with van der Waals surface area (Å²) in [6, 6.07) is 5.56. The zero-order chi connectivity index (χ0) is 22.1. The van der Waals surface area contributed by atoms with Crippen LogP contribution in [-0.2, 0) is 24.8 Å². The highest BCUT2D eigenvalue weighted by molar-refractivity contribution is 7.92. The maximum absolute atomic E-state index is 14.3. The highest BCUT2D eigenvalue weighted by Crippen LogP contribution is 2.29. The zero-order valence-electron chi connectivity index (χ0n) is 15.1. The Morgan fingerprint density at radius 3 is 2.40 bits per heavy atom. The van der Waals surface area contributed by atoms with Crippen molar-refractivity contribution >= 4 is 43.0 Å². The topological polar surface area (TPSA) is 136 Å². The number of ether oxygens (including phenoxy) is 1. The Balaban J connectivity index is 1.95. The van der Waals surface area contributed by atoms with Gasteiger partial charge in [-0.2, -0.15) is 4.31 Å². The first-order valence-corrected chi connectivity index (χ1v) is 11.7. The van der Waals surface area contributed by atoms with Crippen molar-refractivity contribution in [1.29, 1.82) is 0 Å². The third kappa shape index (κ3) is 4.54. The fourth-order valence-corrected chi connectivity index (χ4v) is 5.46. The van der Waals surface area contributed by atoms with Gasteiger partial charge >= 0.3 is 0 Å². The monoisotopic (exact) mass is 479 g/mol. The van der Waals surface area contributed by atoms with Crippen LogP contribution in [0.1, 0.15) is 0 Å². The molecule has 3 rings (SSSR count). The molecule has 30 heavy (non-hydrogen) atoms. The molecule has 1 aliphatic rings. The molecule has 0 aromatic heterocycles. The van der Waals surface area contributed by atoms with Gasteiger partial charge in [-0.25, -0.2) is 21.2 Å². The van der Waals surface area contributed by atoms with Crippen LogP contribution in [0.3, 0.4) is 0 Å². The SMILES string of the molecule is O=[N+]([O-])c1cc(S(=O)(=O)Nc2ccc(F)c(S(=O)(=O)N3CCOCC3)c2)ccc1Cl. The Morgan fingerprint density at radius 1 is 1.10 bits per heavy atom. The average Bonchev–Trinajstić information content (AvgIpc) is 2.69. The second-order valence-electron chi connectivity index (χ2n) is 6.14. The molecule has 0 aliphatic carbocycles. The number of nitrogens with one attached hydrogen (secondary N) is 1. The Labute approximate surface area is 176 Å². The van der Waals surface area contributed by atoms with Crippen molar-refractivity contribution in [2.75, 3.05) is 31.0 Å². The van der Waals surface area contributed by atoms with Gasteiger partial charge in [-0.15, -0.1) is 0 Å². The number of nitro benzene ring substituents is 1. The number of rotatable bonds is 6. The van der Waals surface area contributed by atoms with Gasteiger partial charge in [-0.05, 0) is 30.3 Å². The van der Waals surface area contributed by atoms with E-state index in [1.54, 1.807) is 0 Å². The fourth-order valence-electron chi connectivity index (χ4n) is 2.70. The largest absolute Gasteiger partial charge is 0.379 e. The molecule has 0 bridgehead atoms. The van der Waals surface area contributed by atoms with Crippen LogP contribution in [0.2, 0.25) is 5.02 Å². The second-order valence-corrected chi connectivity index (χ2v) is 10.1. The number of morpholine rings is 1. The van der Waals surface area contributed by atoms with Gasteiger partial charge in [0.2, 0.25) is 10.0 Å². The molecule has 0 atom stereocenters. The summed E-state index contributed by atoms with van der Waals surface area (Å²) in [4.78, 5) is 8.97. The van der Waals surface area contributed by atoms with E-state index in [1.807, 2.05) is 0 Å². The molecule has 0 spiro atoms. The zero-order valence-corrected chi connectivity index (χ0v) is 17.5. The van der Waals surface area contributed by atoms with Crippen LogP contribution in [-0.4, -0.2) is 52.4 Å². The number of anilines is 1. The van der Waals surface area contributed by atoms with E-state index in [0.717, 1.165) is 40.7 Å². The van der Waals surface area contributed by atoms with E-state index >= 15 is 0 Å². The van der Waals surface area contributed by atoms with Gasteiger partial charge in [0.05, 0.1) is 28.7 Å². The molecule has 0 unspecified atom stereocenters. The summed E-state index contributed by atoms with van der Waals surface area (Å²) in [6.45, 7) is 0.378. The third-order valence-electron chi connectivity index (χ3n) is 4.20. The highest BCUT2D eigenvalue weighted by atomic mass is 35.5. The van der Waals surface area contributed by atoms with E-state index in [-0.39, 0.29) is 37.0 Å². The minimum absolute atomic E-state index is 0.0339. The lowest BCUT2D eigenvalue weighted by atomic mass is 10.3. The molecular weight excluding hydrogens is 465 g/mol. The van der Waals surface area contributed by atoms with Crippen molar-refractivity contribution < 1.29 is 30.9 Å². The summed E-state index contributed by atoms with van der Waals surface area (Å²) in [5.74, 6) is -1.05. The number of benzene rings is 2. The molecule has 1 N–H and O–H groups in total. The molecule has 1 fully saturated rings. The number of halogens is 2. The van der Waals surface area contributed by atoms with Crippen molar-refractivity contribution in [3.63, 3.8) is 0 Å². The summed E-state index contributed by atoms with van der Waals surface area (Å²) in [6.07, 6.45) is 0. The average molecular weight is 480 g/mol. The molecule has 14 heteroatoms. The van der Waals surface area contributed by atoms with Crippen LogP contribution in [0.4, 0.5) is 15.8 Å². The molecule has 1 saturated heterocycles. The quantitative estimate of drug-likeness (QED) is 0.495. The van der Waals surface area contributed by atoms with E-state index in [0.29, 0.717) is 0 Å². The lowest BCUT2D eigenvalue weighted by Crippen LogP contribution is -2.40. The van der Waals surface area contributed by atoms with E-state index < -0.39 is 46.3 Å². The van der Waals surface area contributed by atoms with E-state index in [2.05, 4.69) is 4.72 Å². The van der Waals surface area contributed by atoms with Gasteiger partial charge < -0.3 is 4.74 Å². The Kier molecular flexibility index (Phi) is 6.29. The minimum atomic E-state index is -4.35. The molecule has 0 amide bonds. The van der Waals surface area contributed by atoms with Crippen LogP contribution in [0.5, 0.6) is 0 Å². The Morgan fingerprint density at radius 2 is 1.77 bits per heavy atom. The smallest absolute Gasteiger partial charge is 0.289 e. The van der Waals surface area contributed by atoms with Crippen LogP contribution in [0, 0.1) is 15.9 Å². The summed E-state index contributed by atoms with van der Waals surface area (Å²) in [5, 5.41) is 10.7. The van der Waals surface area contributed by atoms with Crippen molar-refractivity contribution in [2.45, 2.75) is 9.79 Å². The van der Waals surface area contributed by atoms with Crippen molar-refractivity contribution in [2.24, 2.45) is 0 Å². The van der Waals surface area contributed by atoms with Gasteiger partial charge in [-0.3, -0.25) is 14.8 Å². The number of hydrogen-bond acceptors (Lipinski definition) is 7. The minimum Gasteiger partial charge on any atom is -0.379 e. The van der Waals surface area contributed by atoms with Crippen LogP contribution in [0.15, 0.2) is 46.2 Å². The molecule has 162 valence electrons. The molecule has 1 heterocycles. The van der Waals surface area contributed by atoms with Gasteiger partial charge in [0.15, 0.2) is 0 Å². The van der Waals surface area contributed by atoms with Crippen LogP contribution >= 0.6 is 11.6 Å². The van der Waals surface area contributed by atoms with E-state index in [9.17, 15) is 31.3 Å². The maximum Gasteiger partial charge on any atom is 0.289 e. The van der Waals surface area contributed by atoms with Crippen molar-refractivity contribution in [3.8, 4) is 0 Å². The summed E-state index contributed by atoms with van der Waals surface area (Å²) in [7, 11) is -8.57. The standard InChI is InChI=1S/C16H15ClFN3O7S2/c17-13-3-2-12(10-15(13)21(22)23)29(24,25)19-11-1-4-14(18)16(9-11)30(26,27)20-5-7-28-8-6-20/h1-4,9-10,19H,5-8H2. The molecule has 0 saturated carbocycles. The molecular formula is C16H15ClFN3O7S2. The van der Waals surface area contributed by atoms with Crippen LogP contribution < -0.4 is 4.72 Å². The predicted molar refractivity (Wildman–Crippen MR) is 105 cm³/mol. The fraction of sp³-hybridized carbons (Fsp3) is 0.250. The van der Waals surface area contributed by atoms with E-state index in [4.69, 9.17) is 16.3 Å². The number of nitrogens with zero attached hydrogens (tertiary/aromatic N) is 2. The number of sulfonamides is 2. The Hall–Kier alpha value is -2.32. The summed E-state index contributed by atoms with van der Waals surface area (Å²) < 4.78 is 73.1. The number of nitro groups is 1. The molecule has 0 radical (unpaired) electrons. The Bertz CT molecular complexity index is 1200. The molecule has 2 aromatic carbocycles. The van der Waals surface area contributed by atoms with Gasteiger partial charge in [-0.1, -0.05) is 11.6 Å². The second kappa shape index (κ2) is 8.43. The normalized spacial score (nSPS) is 15.7. The molecule has 2 aromatic rings. The lowest BCUT2D eigenvalue weighted by Gasteiger charge is -2.26. The van der Waals surface area contributed by atoms with Gasteiger partial charge in [0.1, 0.15) is 15.7 Å². The van der Waals surface area contributed by atoms with Crippen LogP contribution in [0.25, 0.3) is 0 Å². The molecule has 1 aliphatic heterocycles. The maximum atomic E-state index is 14.3. The molecule has 10 nitrogen and oxygen atoms in total. The first-order valence-electron chi connectivity index (χ1n) is 8.36. The first-order chi connectivity index (χ1) is 14.0. The summed E-state index contributed by atoms with van der Waals surface area (Å²) >= 11 is 5.68. The predicted octanol–water partition coefficient (Wildman–Crippen LogP) is 2.21. The highest BCUT2D eigenvalue weighted by Gasteiger charge is 2.30.